The first-order chi connectivity index (χ1) is 13.9. The quantitative estimate of drug-likeness (QED) is 0.827. The number of benzene rings is 1. The van der Waals surface area contributed by atoms with Crippen molar-refractivity contribution in [3.63, 3.8) is 0 Å². The molecule has 1 aromatic carbocycles. The number of anilines is 1. The molecule has 2 heterocycles. The summed E-state index contributed by atoms with van der Waals surface area (Å²) in [5.74, 6) is -1.23. The van der Waals surface area contributed by atoms with Crippen molar-refractivity contribution in [2.45, 2.75) is 36.8 Å². The van der Waals surface area contributed by atoms with Gasteiger partial charge in [-0.2, -0.15) is 0 Å². The van der Waals surface area contributed by atoms with Crippen LogP contribution in [0.5, 0.6) is 0 Å². The average molecular weight is 419 g/mol. The van der Waals surface area contributed by atoms with Crippen LogP contribution >= 0.6 is 11.6 Å². The standard InChI is InChI=1S/C20H17ClF2N4O2/c21-11-6-24-19(25-7-11)26-15(28)8-27-9-20(5-14(20)22)16-13(18(27)29)4-3-12(17(16)23)10-1-2-10/h3-4,6-7,10,14H,1-2,5,8-9H2,(H,24,25,26,28)/t14-,20+/m0/s1. The highest BCUT2D eigenvalue weighted by Gasteiger charge is 2.62. The van der Waals surface area contributed by atoms with Gasteiger partial charge in [-0.1, -0.05) is 17.7 Å². The Balaban J connectivity index is 1.41. The van der Waals surface area contributed by atoms with E-state index in [4.69, 9.17) is 11.6 Å². The summed E-state index contributed by atoms with van der Waals surface area (Å²) in [7, 11) is 0. The van der Waals surface area contributed by atoms with Gasteiger partial charge in [0.1, 0.15) is 18.5 Å². The molecule has 1 spiro atoms. The Morgan fingerprint density at radius 1 is 1.31 bits per heavy atom. The number of hydrogen-bond acceptors (Lipinski definition) is 4. The Labute approximate surface area is 170 Å². The van der Waals surface area contributed by atoms with Gasteiger partial charge in [-0.15, -0.1) is 0 Å². The van der Waals surface area contributed by atoms with Gasteiger partial charge in [0.15, 0.2) is 0 Å². The van der Waals surface area contributed by atoms with Crippen LogP contribution in [0.1, 0.15) is 46.7 Å². The molecule has 2 amide bonds. The zero-order chi connectivity index (χ0) is 20.3. The summed E-state index contributed by atoms with van der Waals surface area (Å²) >= 11 is 5.71. The van der Waals surface area contributed by atoms with E-state index in [9.17, 15) is 14.0 Å². The van der Waals surface area contributed by atoms with E-state index in [1.165, 1.54) is 17.3 Å². The summed E-state index contributed by atoms with van der Waals surface area (Å²) in [4.78, 5) is 34.3. The van der Waals surface area contributed by atoms with Crippen LogP contribution in [0.4, 0.5) is 14.7 Å². The van der Waals surface area contributed by atoms with Crippen LogP contribution < -0.4 is 5.32 Å². The molecular weight excluding hydrogens is 402 g/mol. The second kappa shape index (κ2) is 6.45. The molecular formula is C20H17ClF2N4O2. The van der Waals surface area contributed by atoms with Crippen LogP contribution in [0, 0.1) is 5.82 Å². The lowest BCUT2D eigenvalue weighted by atomic mass is 9.83. The Bertz CT molecular complexity index is 1030. The van der Waals surface area contributed by atoms with Gasteiger partial charge in [0.2, 0.25) is 11.9 Å². The molecule has 1 aromatic heterocycles. The van der Waals surface area contributed by atoms with E-state index in [2.05, 4.69) is 15.3 Å². The van der Waals surface area contributed by atoms with Crippen molar-refractivity contribution < 1.29 is 18.4 Å². The van der Waals surface area contributed by atoms with Crippen LogP contribution in [0.3, 0.4) is 0 Å². The number of rotatable bonds is 4. The normalized spacial score (nSPS) is 25.1. The number of nitrogens with one attached hydrogen (secondary N) is 1. The first kappa shape index (κ1) is 18.4. The number of carbonyl (C=O) groups is 2. The summed E-state index contributed by atoms with van der Waals surface area (Å²) in [5.41, 5.74) is -0.151. The molecule has 0 radical (unpaired) electrons. The molecule has 3 aliphatic rings. The zero-order valence-electron chi connectivity index (χ0n) is 15.3. The maximum Gasteiger partial charge on any atom is 0.254 e. The number of nitrogens with zero attached hydrogens (tertiary/aromatic N) is 3. The second-order valence-corrected chi connectivity index (χ2v) is 8.36. The number of fused-ring (bicyclic) bond motifs is 2. The number of carbonyl (C=O) groups excluding carboxylic acids is 2. The van der Waals surface area contributed by atoms with Gasteiger partial charge >= 0.3 is 0 Å². The smallest absolute Gasteiger partial charge is 0.254 e. The fraction of sp³-hybridized carbons (Fsp3) is 0.400. The molecule has 150 valence electrons. The van der Waals surface area contributed by atoms with Crippen molar-refractivity contribution in [2.75, 3.05) is 18.4 Å². The highest BCUT2D eigenvalue weighted by molar-refractivity contribution is 6.30. The third kappa shape index (κ3) is 3.06. The van der Waals surface area contributed by atoms with Crippen molar-refractivity contribution >= 4 is 29.4 Å². The largest absolute Gasteiger partial charge is 0.328 e. The summed E-state index contributed by atoms with van der Waals surface area (Å²) in [6.45, 7) is -0.329. The van der Waals surface area contributed by atoms with Crippen molar-refractivity contribution in [3.05, 3.63) is 52.1 Å². The summed E-state index contributed by atoms with van der Waals surface area (Å²) in [6, 6.07) is 3.20. The molecule has 2 aliphatic carbocycles. The summed E-state index contributed by atoms with van der Waals surface area (Å²) in [6.07, 6.45) is 3.41. The minimum atomic E-state index is -1.23. The maximum absolute atomic E-state index is 15.2. The number of amides is 2. The number of aromatic nitrogens is 2. The van der Waals surface area contributed by atoms with Gasteiger partial charge in [-0.25, -0.2) is 18.7 Å². The number of halogens is 3. The zero-order valence-corrected chi connectivity index (χ0v) is 16.0. The average Bonchev–Trinajstić information content (AvgIpc) is 3.60. The lowest BCUT2D eigenvalue weighted by molar-refractivity contribution is -0.117. The SMILES string of the molecule is O=C(CN1C[C@@]2(C[C@@H]2F)c2c(ccc(C3CC3)c2F)C1=O)Nc1ncc(Cl)cn1. The fourth-order valence-corrected chi connectivity index (χ4v) is 4.25. The lowest BCUT2D eigenvalue weighted by Gasteiger charge is -2.35. The van der Waals surface area contributed by atoms with Crippen LogP contribution in [0.25, 0.3) is 0 Å². The minimum Gasteiger partial charge on any atom is -0.328 e. The van der Waals surface area contributed by atoms with Gasteiger partial charge in [0.05, 0.1) is 22.8 Å². The van der Waals surface area contributed by atoms with Crippen LogP contribution in [0.2, 0.25) is 5.02 Å². The number of alkyl halides is 1. The Hall–Kier alpha value is -2.61. The number of hydrogen-bond donors (Lipinski definition) is 1. The van der Waals surface area contributed by atoms with Gasteiger partial charge in [-0.3, -0.25) is 14.9 Å². The predicted molar refractivity (Wildman–Crippen MR) is 101 cm³/mol. The molecule has 2 aromatic rings. The monoisotopic (exact) mass is 418 g/mol. The van der Waals surface area contributed by atoms with E-state index in [1.807, 2.05) is 0 Å². The highest BCUT2D eigenvalue weighted by atomic mass is 35.5. The molecule has 2 atom stereocenters. The van der Waals surface area contributed by atoms with Gasteiger partial charge < -0.3 is 4.90 Å². The van der Waals surface area contributed by atoms with E-state index >= 15 is 4.39 Å². The lowest BCUT2D eigenvalue weighted by Crippen LogP contribution is -2.48. The molecule has 1 aliphatic heterocycles. The van der Waals surface area contributed by atoms with E-state index in [-0.39, 0.29) is 42.5 Å². The van der Waals surface area contributed by atoms with Gasteiger partial charge in [-0.05, 0) is 36.8 Å². The van der Waals surface area contributed by atoms with Crippen molar-refractivity contribution in [1.82, 2.24) is 14.9 Å². The summed E-state index contributed by atoms with van der Waals surface area (Å²) in [5, 5.41) is 2.80. The molecule has 0 unspecified atom stereocenters. The molecule has 2 fully saturated rings. The molecule has 5 rings (SSSR count). The van der Waals surface area contributed by atoms with E-state index < -0.39 is 29.2 Å². The van der Waals surface area contributed by atoms with E-state index in [0.717, 1.165) is 12.8 Å². The third-order valence-corrected chi connectivity index (χ3v) is 6.06. The summed E-state index contributed by atoms with van der Waals surface area (Å²) < 4.78 is 29.6. The first-order valence-electron chi connectivity index (χ1n) is 9.42. The molecule has 0 saturated heterocycles. The van der Waals surface area contributed by atoms with Crippen molar-refractivity contribution in [1.29, 1.82) is 0 Å². The fourth-order valence-electron chi connectivity index (χ4n) is 4.15. The maximum atomic E-state index is 15.2. The van der Waals surface area contributed by atoms with Gasteiger partial charge in [0, 0.05) is 17.7 Å². The van der Waals surface area contributed by atoms with Crippen LogP contribution in [-0.2, 0) is 10.2 Å². The molecule has 6 nitrogen and oxygen atoms in total. The Kier molecular flexibility index (Phi) is 4.10. The van der Waals surface area contributed by atoms with E-state index in [0.29, 0.717) is 10.6 Å². The molecule has 2 saturated carbocycles. The van der Waals surface area contributed by atoms with Crippen LogP contribution in [-0.4, -0.2) is 45.9 Å². The first-order valence-corrected chi connectivity index (χ1v) is 9.80. The van der Waals surface area contributed by atoms with Crippen LogP contribution in [0.15, 0.2) is 24.5 Å². The molecule has 0 bridgehead atoms. The third-order valence-electron chi connectivity index (χ3n) is 5.87. The highest BCUT2D eigenvalue weighted by Crippen LogP contribution is 2.56. The Morgan fingerprint density at radius 2 is 2.00 bits per heavy atom. The van der Waals surface area contributed by atoms with Crippen molar-refractivity contribution in [3.8, 4) is 0 Å². The molecule has 29 heavy (non-hydrogen) atoms. The predicted octanol–water partition coefficient (Wildman–Crippen LogP) is 3.22. The topological polar surface area (TPSA) is 75.2 Å². The van der Waals surface area contributed by atoms with Gasteiger partial charge in [0.25, 0.3) is 5.91 Å². The second-order valence-electron chi connectivity index (χ2n) is 7.93. The van der Waals surface area contributed by atoms with Crippen molar-refractivity contribution in [2.24, 2.45) is 0 Å². The Morgan fingerprint density at radius 3 is 2.62 bits per heavy atom. The molecule has 1 N–H and O–H groups in total. The molecule has 9 heteroatoms. The minimum absolute atomic E-state index is 0.0278. The van der Waals surface area contributed by atoms with E-state index in [1.54, 1.807) is 12.1 Å².